The van der Waals surface area contributed by atoms with Gasteiger partial charge in [-0.25, -0.2) is 4.68 Å². The van der Waals surface area contributed by atoms with E-state index >= 15 is 0 Å². The smallest absolute Gasteiger partial charge is 0.267 e. The lowest BCUT2D eigenvalue weighted by Gasteiger charge is -2.19. The van der Waals surface area contributed by atoms with Crippen LogP contribution in [0.2, 0.25) is 0 Å². The van der Waals surface area contributed by atoms with Gasteiger partial charge in [0.15, 0.2) is 0 Å². The summed E-state index contributed by atoms with van der Waals surface area (Å²) in [6, 6.07) is 10.9. The highest BCUT2D eigenvalue weighted by Gasteiger charge is 2.27. The second-order valence-electron chi connectivity index (χ2n) is 7.50. The summed E-state index contributed by atoms with van der Waals surface area (Å²) >= 11 is 0. The summed E-state index contributed by atoms with van der Waals surface area (Å²) in [4.78, 5) is 27.2. The minimum atomic E-state index is -0.315. The van der Waals surface area contributed by atoms with Crippen molar-refractivity contribution in [3.8, 4) is 11.1 Å². The van der Waals surface area contributed by atoms with Crippen LogP contribution in [-0.4, -0.2) is 39.0 Å². The zero-order valence-corrected chi connectivity index (χ0v) is 16.9. The molecule has 0 atom stereocenters. The highest BCUT2D eigenvalue weighted by atomic mass is 16.5. The highest BCUT2D eigenvalue weighted by molar-refractivity contribution is 5.96. The van der Waals surface area contributed by atoms with E-state index in [0.29, 0.717) is 24.6 Å². The fraction of sp³-hybridized carbons (Fsp3) is 0.261. The van der Waals surface area contributed by atoms with Gasteiger partial charge in [0.2, 0.25) is 5.91 Å². The number of hydrogen-bond acceptors (Lipinski definition) is 6. The Morgan fingerprint density at radius 1 is 1.13 bits per heavy atom. The third-order valence-electron chi connectivity index (χ3n) is 5.56. The average molecular weight is 415 g/mol. The van der Waals surface area contributed by atoms with Crippen LogP contribution in [0.3, 0.4) is 0 Å². The van der Waals surface area contributed by atoms with Crippen LogP contribution in [-0.2, 0) is 22.5 Å². The number of fused-ring (bicyclic) bond motifs is 1. The number of nitrogens with zero attached hydrogens (tertiary/aromatic N) is 5. The molecule has 3 aromatic rings. The van der Waals surface area contributed by atoms with Gasteiger partial charge in [0.1, 0.15) is 18.0 Å². The Morgan fingerprint density at radius 3 is 2.87 bits per heavy atom. The van der Waals surface area contributed by atoms with E-state index in [-0.39, 0.29) is 18.0 Å². The first-order valence-electron chi connectivity index (χ1n) is 10.3. The summed E-state index contributed by atoms with van der Waals surface area (Å²) in [5, 5.41) is 12.2. The molecular formula is C23H21N5O3. The highest BCUT2D eigenvalue weighted by Crippen LogP contribution is 2.35. The number of carbonyl (C=O) groups excluding carboxylic acids is 1. The molecule has 0 saturated carbocycles. The molecule has 0 radical (unpaired) electrons. The molecule has 8 heteroatoms. The second kappa shape index (κ2) is 8.14. The van der Waals surface area contributed by atoms with E-state index in [1.54, 1.807) is 23.4 Å². The molecule has 2 aromatic heterocycles. The molecule has 0 N–H and O–H groups in total. The standard InChI is InChI=1S/C23H21N5O3/c29-22-8-7-19(21-6-1-2-13-31-21)26-28(22)15-23(30)27-12-10-18-17(4-3-5-20(18)27)16-9-11-24-25-14-16/h3-9,11,14H,1-2,10,12-13,15H2. The predicted molar refractivity (Wildman–Crippen MR) is 115 cm³/mol. The van der Waals surface area contributed by atoms with Crippen molar-refractivity contribution in [2.24, 2.45) is 0 Å². The number of allylic oxidation sites excluding steroid dienone is 1. The predicted octanol–water partition coefficient (Wildman–Crippen LogP) is 2.44. The molecule has 0 bridgehead atoms. The minimum absolute atomic E-state index is 0.125. The fourth-order valence-electron chi connectivity index (χ4n) is 4.06. The Hall–Kier alpha value is -3.81. The Kier molecular flexibility index (Phi) is 5.03. The molecule has 8 nitrogen and oxygen atoms in total. The first-order valence-corrected chi connectivity index (χ1v) is 10.3. The summed E-state index contributed by atoms with van der Waals surface area (Å²) in [5.74, 6) is 0.489. The van der Waals surface area contributed by atoms with Gasteiger partial charge in [0.05, 0.1) is 19.0 Å². The Bertz CT molecular complexity index is 1220. The van der Waals surface area contributed by atoms with Gasteiger partial charge in [0, 0.05) is 23.9 Å². The summed E-state index contributed by atoms with van der Waals surface area (Å²) in [5.41, 5.74) is 4.22. The van der Waals surface area contributed by atoms with Gasteiger partial charge in [-0.05, 0) is 54.7 Å². The van der Waals surface area contributed by atoms with Crippen molar-refractivity contribution in [3.63, 3.8) is 0 Å². The fourth-order valence-corrected chi connectivity index (χ4v) is 4.06. The Balaban J connectivity index is 1.41. The first kappa shape index (κ1) is 19.2. The Morgan fingerprint density at radius 2 is 2.06 bits per heavy atom. The van der Waals surface area contributed by atoms with Gasteiger partial charge in [0.25, 0.3) is 5.56 Å². The lowest BCUT2D eigenvalue weighted by atomic mass is 9.99. The van der Waals surface area contributed by atoms with Crippen LogP contribution in [0.4, 0.5) is 5.69 Å². The van der Waals surface area contributed by atoms with Crippen LogP contribution < -0.4 is 10.5 Å². The van der Waals surface area contributed by atoms with Gasteiger partial charge in [-0.15, -0.1) is 0 Å². The summed E-state index contributed by atoms with van der Waals surface area (Å²) in [6.07, 6.45) is 7.96. The van der Waals surface area contributed by atoms with Gasteiger partial charge < -0.3 is 9.64 Å². The van der Waals surface area contributed by atoms with E-state index in [1.807, 2.05) is 30.3 Å². The molecule has 2 aliphatic rings. The van der Waals surface area contributed by atoms with Crippen molar-refractivity contribution in [2.75, 3.05) is 18.1 Å². The third-order valence-corrected chi connectivity index (χ3v) is 5.56. The maximum atomic E-state index is 13.1. The van der Waals surface area contributed by atoms with E-state index in [0.717, 1.165) is 41.6 Å². The molecule has 156 valence electrons. The lowest BCUT2D eigenvalue weighted by molar-refractivity contribution is -0.119. The molecular weight excluding hydrogens is 394 g/mol. The van der Waals surface area contributed by atoms with Crippen molar-refractivity contribution >= 4 is 17.4 Å². The molecule has 0 unspecified atom stereocenters. The second-order valence-corrected chi connectivity index (χ2v) is 7.50. The van der Waals surface area contributed by atoms with Crippen LogP contribution in [0, 0.1) is 0 Å². The van der Waals surface area contributed by atoms with E-state index in [2.05, 4.69) is 15.3 Å². The van der Waals surface area contributed by atoms with E-state index in [1.165, 1.54) is 10.7 Å². The third kappa shape index (κ3) is 3.72. The zero-order chi connectivity index (χ0) is 21.2. The van der Waals surface area contributed by atoms with Crippen molar-refractivity contribution < 1.29 is 9.53 Å². The SMILES string of the molecule is O=C(Cn1nc(C2=CCCCO2)ccc1=O)N1CCc2c(-c3ccnnc3)cccc21. The van der Waals surface area contributed by atoms with E-state index in [9.17, 15) is 9.59 Å². The molecule has 2 aliphatic heterocycles. The summed E-state index contributed by atoms with van der Waals surface area (Å²) < 4.78 is 6.86. The number of aromatic nitrogens is 4. The van der Waals surface area contributed by atoms with Crippen LogP contribution in [0.5, 0.6) is 0 Å². The number of hydrogen-bond donors (Lipinski definition) is 0. The number of ether oxygens (including phenoxy) is 1. The number of anilines is 1. The van der Waals surface area contributed by atoms with Crippen molar-refractivity contribution in [3.05, 3.63) is 76.5 Å². The Labute approximate surface area is 178 Å². The molecule has 0 spiro atoms. The van der Waals surface area contributed by atoms with Gasteiger partial charge >= 0.3 is 0 Å². The van der Waals surface area contributed by atoms with Crippen LogP contribution in [0.15, 0.2) is 59.7 Å². The topological polar surface area (TPSA) is 90.2 Å². The molecule has 0 fully saturated rings. The van der Waals surface area contributed by atoms with Crippen LogP contribution >= 0.6 is 0 Å². The molecule has 1 amide bonds. The normalized spacial score (nSPS) is 15.2. The average Bonchev–Trinajstić information content (AvgIpc) is 3.26. The number of benzene rings is 1. The minimum Gasteiger partial charge on any atom is -0.492 e. The van der Waals surface area contributed by atoms with Crippen LogP contribution in [0.25, 0.3) is 16.9 Å². The lowest BCUT2D eigenvalue weighted by Crippen LogP contribution is -2.36. The number of rotatable bonds is 4. The molecule has 0 saturated heterocycles. The molecule has 31 heavy (non-hydrogen) atoms. The number of amides is 1. The van der Waals surface area contributed by atoms with Crippen molar-refractivity contribution in [2.45, 2.75) is 25.8 Å². The monoisotopic (exact) mass is 415 g/mol. The van der Waals surface area contributed by atoms with Gasteiger partial charge in [-0.1, -0.05) is 12.1 Å². The summed E-state index contributed by atoms with van der Waals surface area (Å²) in [6.45, 7) is 1.07. The van der Waals surface area contributed by atoms with Gasteiger partial charge in [-0.2, -0.15) is 15.3 Å². The molecule has 4 heterocycles. The molecule has 5 rings (SSSR count). The largest absolute Gasteiger partial charge is 0.492 e. The number of carbonyl (C=O) groups is 1. The van der Waals surface area contributed by atoms with E-state index in [4.69, 9.17) is 4.74 Å². The molecule has 0 aliphatic carbocycles. The van der Waals surface area contributed by atoms with E-state index < -0.39 is 0 Å². The van der Waals surface area contributed by atoms with Crippen molar-refractivity contribution in [1.29, 1.82) is 0 Å². The summed E-state index contributed by atoms with van der Waals surface area (Å²) in [7, 11) is 0. The quantitative estimate of drug-likeness (QED) is 0.650. The van der Waals surface area contributed by atoms with Crippen LogP contribution in [0.1, 0.15) is 24.1 Å². The maximum Gasteiger partial charge on any atom is 0.267 e. The van der Waals surface area contributed by atoms with Crippen molar-refractivity contribution in [1.82, 2.24) is 20.0 Å². The molecule has 1 aromatic carbocycles. The zero-order valence-electron chi connectivity index (χ0n) is 16.9. The first-order chi connectivity index (χ1) is 15.2. The van der Waals surface area contributed by atoms with Gasteiger partial charge in [-0.3, -0.25) is 9.59 Å². The maximum absolute atomic E-state index is 13.1.